The van der Waals surface area contributed by atoms with Gasteiger partial charge in [-0.25, -0.2) is 0 Å². The summed E-state index contributed by atoms with van der Waals surface area (Å²) >= 11 is 0. The molecule has 2 N–H and O–H groups in total. The zero-order chi connectivity index (χ0) is 20.9. The van der Waals surface area contributed by atoms with E-state index in [1.54, 1.807) is 12.0 Å². The molecule has 0 radical (unpaired) electrons. The number of likely N-dealkylation sites (N-methyl/N-ethyl adjacent to an activating group) is 1. The first-order chi connectivity index (χ1) is 14.2. The van der Waals surface area contributed by atoms with Crippen LogP contribution in [0.15, 0.2) is 29.3 Å². The largest absolute Gasteiger partial charge is 0.482 e. The van der Waals surface area contributed by atoms with Crippen LogP contribution in [0.25, 0.3) is 0 Å². The predicted molar refractivity (Wildman–Crippen MR) is 117 cm³/mol. The molecule has 0 bridgehead atoms. The fourth-order valence-corrected chi connectivity index (χ4v) is 3.12. The highest BCUT2D eigenvalue weighted by Gasteiger charge is 2.24. The van der Waals surface area contributed by atoms with Gasteiger partial charge in [-0.05, 0) is 38.9 Å². The number of ether oxygens (including phenoxy) is 2. The van der Waals surface area contributed by atoms with E-state index in [9.17, 15) is 4.79 Å². The van der Waals surface area contributed by atoms with E-state index in [-0.39, 0.29) is 12.5 Å². The van der Waals surface area contributed by atoms with Crippen LogP contribution in [0.4, 0.5) is 5.69 Å². The molecule has 0 saturated heterocycles. The molecule has 1 amide bonds. The number of rotatable bonds is 12. The molecule has 0 aliphatic carbocycles. The number of hydrogen-bond acceptors (Lipinski definition) is 5. The minimum atomic E-state index is -0.00535. The van der Waals surface area contributed by atoms with Crippen LogP contribution in [0, 0.1) is 0 Å². The molecule has 0 spiro atoms. The maximum Gasteiger partial charge on any atom is 0.265 e. The zero-order valence-electron chi connectivity index (χ0n) is 17.9. The predicted octanol–water partition coefficient (Wildman–Crippen LogP) is 1.33. The Kier molecular flexibility index (Phi) is 10.3. The lowest BCUT2D eigenvalue weighted by Gasteiger charge is -2.29. The minimum absolute atomic E-state index is 0.00535. The molecule has 2 rings (SSSR count). The van der Waals surface area contributed by atoms with Crippen LogP contribution in [-0.4, -0.2) is 83.4 Å². The third-order valence-electron chi connectivity index (χ3n) is 4.64. The van der Waals surface area contributed by atoms with E-state index < -0.39 is 0 Å². The van der Waals surface area contributed by atoms with Gasteiger partial charge in [0.2, 0.25) is 0 Å². The van der Waals surface area contributed by atoms with E-state index in [0.717, 1.165) is 63.0 Å². The summed E-state index contributed by atoms with van der Waals surface area (Å²) in [5, 5.41) is 6.64. The van der Waals surface area contributed by atoms with Crippen molar-refractivity contribution in [1.82, 2.24) is 15.5 Å². The number of benzene rings is 1. The molecule has 0 fully saturated rings. The van der Waals surface area contributed by atoms with Gasteiger partial charge >= 0.3 is 0 Å². The first-order valence-corrected chi connectivity index (χ1v) is 10.4. The number of methoxy groups -OCH3 is 1. The molecule has 162 valence electrons. The molecule has 8 nitrogen and oxygen atoms in total. The summed E-state index contributed by atoms with van der Waals surface area (Å²) in [4.78, 5) is 20.9. The van der Waals surface area contributed by atoms with Gasteiger partial charge in [-0.1, -0.05) is 12.1 Å². The number of guanidine groups is 1. The third-order valence-corrected chi connectivity index (χ3v) is 4.64. The SMILES string of the molecule is CCNC(=NCCCN1C(=O)COc2ccccc21)NCCN(C)CCCOC. The Morgan fingerprint density at radius 3 is 2.90 bits per heavy atom. The van der Waals surface area contributed by atoms with Crippen molar-refractivity contribution in [1.29, 1.82) is 0 Å². The first kappa shape index (κ1) is 23.0. The van der Waals surface area contributed by atoms with Crippen LogP contribution in [0.5, 0.6) is 5.75 Å². The van der Waals surface area contributed by atoms with Gasteiger partial charge in [0.05, 0.1) is 5.69 Å². The molecule has 0 aromatic heterocycles. The summed E-state index contributed by atoms with van der Waals surface area (Å²) in [6.07, 6.45) is 1.82. The number of nitrogens with one attached hydrogen (secondary N) is 2. The highest BCUT2D eigenvalue weighted by molar-refractivity contribution is 5.97. The minimum Gasteiger partial charge on any atom is -0.482 e. The second-order valence-corrected chi connectivity index (χ2v) is 6.99. The van der Waals surface area contributed by atoms with Gasteiger partial charge in [-0.2, -0.15) is 0 Å². The quantitative estimate of drug-likeness (QED) is 0.310. The highest BCUT2D eigenvalue weighted by atomic mass is 16.5. The van der Waals surface area contributed by atoms with Crippen LogP contribution in [-0.2, 0) is 9.53 Å². The number of fused-ring (bicyclic) bond motifs is 1. The van der Waals surface area contributed by atoms with E-state index in [4.69, 9.17) is 9.47 Å². The van der Waals surface area contributed by atoms with E-state index in [1.807, 2.05) is 24.3 Å². The van der Waals surface area contributed by atoms with Crippen molar-refractivity contribution in [2.24, 2.45) is 4.99 Å². The van der Waals surface area contributed by atoms with E-state index >= 15 is 0 Å². The third kappa shape index (κ3) is 7.91. The van der Waals surface area contributed by atoms with Gasteiger partial charge in [-0.3, -0.25) is 9.79 Å². The lowest BCUT2D eigenvalue weighted by Crippen LogP contribution is -2.41. The average molecular weight is 406 g/mol. The van der Waals surface area contributed by atoms with Crippen molar-refractivity contribution in [2.75, 3.05) is 71.5 Å². The van der Waals surface area contributed by atoms with Gasteiger partial charge in [0.25, 0.3) is 5.91 Å². The van der Waals surface area contributed by atoms with Gasteiger partial charge in [0.1, 0.15) is 5.75 Å². The number of nitrogens with zero attached hydrogens (tertiary/aromatic N) is 3. The molecule has 1 aromatic carbocycles. The van der Waals surface area contributed by atoms with Crippen molar-refractivity contribution in [3.05, 3.63) is 24.3 Å². The van der Waals surface area contributed by atoms with Crippen LogP contribution >= 0.6 is 0 Å². The number of amides is 1. The zero-order valence-corrected chi connectivity index (χ0v) is 17.9. The molecule has 1 aliphatic heterocycles. The first-order valence-electron chi connectivity index (χ1n) is 10.4. The Morgan fingerprint density at radius 2 is 2.10 bits per heavy atom. The van der Waals surface area contributed by atoms with Crippen LogP contribution in [0.2, 0.25) is 0 Å². The molecular weight excluding hydrogens is 370 g/mol. The Morgan fingerprint density at radius 1 is 1.28 bits per heavy atom. The molecule has 1 heterocycles. The summed E-state index contributed by atoms with van der Waals surface area (Å²) in [7, 11) is 3.84. The topological polar surface area (TPSA) is 78.4 Å². The molecule has 1 aromatic rings. The second-order valence-electron chi connectivity index (χ2n) is 6.99. The van der Waals surface area contributed by atoms with Gasteiger partial charge in [0.15, 0.2) is 12.6 Å². The van der Waals surface area contributed by atoms with Crippen LogP contribution in [0.3, 0.4) is 0 Å². The molecule has 0 saturated carbocycles. The van der Waals surface area contributed by atoms with Gasteiger partial charge < -0.3 is 29.9 Å². The Labute approximate surface area is 174 Å². The number of carbonyl (C=O) groups excluding carboxylic acids is 1. The van der Waals surface area contributed by atoms with E-state index in [2.05, 4.69) is 34.5 Å². The number of carbonyl (C=O) groups is 1. The molecule has 0 atom stereocenters. The fourth-order valence-electron chi connectivity index (χ4n) is 3.12. The molecule has 0 unspecified atom stereocenters. The molecule has 8 heteroatoms. The Bertz CT molecular complexity index is 653. The van der Waals surface area contributed by atoms with Crippen molar-refractivity contribution in [3.8, 4) is 5.75 Å². The summed E-state index contributed by atoms with van der Waals surface area (Å²) in [5.41, 5.74) is 0.842. The number of anilines is 1. The average Bonchev–Trinajstić information content (AvgIpc) is 2.72. The summed E-state index contributed by atoms with van der Waals surface area (Å²) in [5.74, 6) is 1.57. The van der Waals surface area contributed by atoms with Crippen LogP contribution < -0.4 is 20.3 Å². The number of hydrogen-bond donors (Lipinski definition) is 2. The van der Waals surface area contributed by atoms with E-state index in [0.29, 0.717) is 13.1 Å². The maximum atomic E-state index is 12.2. The summed E-state index contributed by atoms with van der Waals surface area (Å²) < 4.78 is 10.6. The maximum absolute atomic E-state index is 12.2. The number of para-hydroxylation sites is 2. The smallest absolute Gasteiger partial charge is 0.265 e. The van der Waals surface area contributed by atoms with Gasteiger partial charge in [-0.15, -0.1) is 0 Å². The molecule has 29 heavy (non-hydrogen) atoms. The summed E-state index contributed by atoms with van der Waals surface area (Å²) in [6.45, 7) is 7.80. The van der Waals surface area contributed by atoms with Crippen molar-refractivity contribution in [2.45, 2.75) is 19.8 Å². The van der Waals surface area contributed by atoms with Crippen LogP contribution in [0.1, 0.15) is 19.8 Å². The van der Waals surface area contributed by atoms with Crippen molar-refractivity contribution in [3.63, 3.8) is 0 Å². The molecular formula is C21H35N5O3. The summed E-state index contributed by atoms with van der Waals surface area (Å²) in [6, 6.07) is 7.66. The van der Waals surface area contributed by atoms with E-state index in [1.165, 1.54) is 0 Å². The lowest BCUT2D eigenvalue weighted by molar-refractivity contribution is -0.121. The van der Waals surface area contributed by atoms with Gasteiger partial charge in [0, 0.05) is 53.0 Å². The Hall–Kier alpha value is -2.32. The standard InChI is InChI=1S/C21H35N5O3/c1-4-22-21(24-12-15-25(2)13-8-16-28-3)23-11-7-14-26-18-9-5-6-10-19(18)29-17-20(26)27/h5-6,9-10H,4,7-8,11-17H2,1-3H3,(H2,22,23,24). The second kappa shape index (κ2) is 13.0. The normalized spacial score (nSPS) is 14.0. The monoisotopic (exact) mass is 405 g/mol. The van der Waals surface area contributed by atoms with Crippen molar-refractivity contribution >= 4 is 17.6 Å². The van der Waals surface area contributed by atoms with Crippen molar-refractivity contribution < 1.29 is 14.3 Å². The highest BCUT2D eigenvalue weighted by Crippen LogP contribution is 2.31. The molecule has 1 aliphatic rings. The Balaban J connectivity index is 1.75. The lowest BCUT2D eigenvalue weighted by atomic mass is 10.2. The number of aliphatic imine (C=N–C) groups is 1. The fraction of sp³-hybridized carbons (Fsp3) is 0.619.